The van der Waals surface area contributed by atoms with Crippen LogP contribution in [-0.2, 0) is 5.75 Å². The fraction of sp³-hybridized carbons (Fsp3) is 0.0909. The fourth-order valence-corrected chi connectivity index (χ4v) is 3.93. The van der Waals surface area contributed by atoms with Gasteiger partial charge in [-0.3, -0.25) is 4.79 Å². The number of carbonyl (C=O) groups excluding carboxylic acids is 1. The molecule has 0 saturated heterocycles. The first kappa shape index (κ1) is 20.3. The van der Waals surface area contributed by atoms with Gasteiger partial charge in [-0.05, 0) is 70.9 Å². The van der Waals surface area contributed by atoms with Crippen LogP contribution in [0, 0.1) is 6.92 Å². The second-order valence-electron chi connectivity index (χ2n) is 6.61. The molecular formula is C22H18BrN5OS. The van der Waals surface area contributed by atoms with Gasteiger partial charge in [0.25, 0.3) is 5.91 Å². The number of nitrogens with one attached hydrogen (secondary N) is 1. The number of aromatic nitrogens is 4. The SMILES string of the molecule is Cc1cc(NC(=O)c2ccc(-n3nnnc3SCc3ccccc3)cc2)ccc1Br. The van der Waals surface area contributed by atoms with E-state index in [1.165, 1.54) is 5.56 Å². The van der Waals surface area contributed by atoms with Crippen LogP contribution in [0.15, 0.2) is 82.4 Å². The predicted octanol–water partition coefficient (Wildman–Crippen LogP) is 5.28. The van der Waals surface area contributed by atoms with E-state index in [2.05, 4.69) is 48.9 Å². The Balaban J connectivity index is 1.45. The van der Waals surface area contributed by atoms with E-state index in [9.17, 15) is 4.79 Å². The first-order chi connectivity index (χ1) is 14.6. The molecule has 0 saturated carbocycles. The molecule has 6 nitrogen and oxygen atoms in total. The number of carbonyl (C=O) groups is 1. The Kier molecular flexibility index (Phi) is 6.25. The monoisotopic (exact) mass is 479 g/mol. The molecule has 0 aliphatic rings. The van der Waals surface area contributed by atoms with E-state index in [0.29, 0.717) is 10.7 Å². The topological polar surface area (TPSA) is 72.7 Å². The molecule has 1 N–H and O–H groups in total. The second-order valence-corrected chi connectivity index (χ2v) is 8.41. The lowest BCUT2D eigenvalue weighted by atomic mass is 10.1. The van der Waals surface area contributed by atoms with Gasteiger partial charge in [0.05, 0.1) is 5.69 Å². The molecule has 0 bridgehead atoms. The summed E-state index contributed by atoms with van der Waals surface area (Å²) in [7, 11) is 0. The van der Waals surface area contributed by atoms with Crippen molar-refractivity contribution in [1.82, 2.24) is 20.2 Å². The van der Waals surface area contributed by atoms with E-state index >= 15 is 0 Å². The minimum absolute atomic E-state index is 0.168. The van der Waals surface area contributed by atoms with Gasteiger partial charge in [0, 0.05) is 21.5 Å². The average Bonchev–Trinajstić information content (AvgIpc) is 3.24. The first-order valence-corrected chi connectivity index (χ1v) is 11.0. The van der Waals surface area contributed by atoms with Crippen molar-refractivity contribution in [2.75, 3.05) is 5.32 Å². The largest absolute Gasteiger partial charge is 0.322 e. The summed E-state index contributed by atoms with van der Waals surface area (Å²) in [4.78, 5) is 12.6. The zero-order valence-corrected chi connectivity index (χ0v) is 18.5. The van der Waals surface area contributed by atoms with Gasteiger partial charge in [0.2, 0.25) is 5.16 Å². The number of aryl methyl sites for hydroxylation is 1. The minimum Gasteiger partial charge on any atom is -0.322 e. The Hall–Kier alpha value is -2.97. The standard InChI is InChI=1S/C22H18BrN5OS/c1-15-13-18(9-12-20(15)23)24-21(29)17-7-10-19(11-8-17)28-22(25-26-27-28)30-14-16-5-3-2-4-6-16/h2-13H,14H2,1H3,(H,24,29). The van der Waals surface area contributed by atoms with Crippen molar-refractivity contribution in [1.29, 1.82) is 0 Å². The number of rotatable bonds is 6. The summed E-state index contributed by atoms with van der Waals surface area (Å²) in [6.45, 7) is 1.98. The van der Waals surface area contributed by atoms with E-state index in [4.69, 9.17) is 0 Å². The molecule has 0 unspecified atom stereocenters. The molecule has 0 atom stereocenters. The summed E-state index contributed by atoms with van der Waals surface area (Å²) in [5.74, 6) is 0.604. The van der Waals surface area contributed by atoms with E-state index in [1.54, 1.807) is 28.6 Å². The maximum absolute atomic E-state index is 12.6. The highest BCUT2D eigenvalue weighted by molar-refractivity contribution is 9.10. The lowest BCUT2D eigenvalue weighted by molar-refractivity contribution is 0.102. The summed E-state index contributed by atoms with van der Waals surface area (Å²) in [5.41, 5.74) is 4.37. The third-order valence-electron chi connectivity index (χ3n) is 4.44. The van der Waals surface area contributed by atoms with Crippen molar-refractivity contribution in [3.8, 4) is 5.69 Å². The summed E-state index contributed by atoms with van der Waals surface area (Å²) in [6, 6.07) is 23.1. The van der Waals surface area contributed by atoms with E-state index < -0.39 is 0 Å². The number of tetrazole rings is 1. The van der Waals surface area contributed by atoms with Gasteiger partial charge in [-0.15, -0.1) is 5.10 Å². The fourth-order valence-electron chi connectivity index (χ4n) is 2.83. The predicted molar refractivity (Wildman–Crippen MR) is 122 cm³/mol. The number of thioether (sulfide) groups is 1. The van der Waals surface area contributed by atoms with E-state index in [-0.39, 0.29) is 5.91 Å². The molecule has 150 valence electrons. The molecule has 0 spiro atoms. The third kappa shape index (κ3) is 4.77. The molecule has 1 heterocycles. The number of halogens is 1. The maximum atomic E-state index is 12.6. The Morgan fingerprint density at radius 3 is 2.57 bits per heavy atom. The molecule has 3 aromatic carbocycles. The van der Waals surface area contributed by atoms with Crippen LogP contribution in [0.2, 0.25) is 0 Å². The van der Waals surface area contributed by atoms with Crippen molar-refractivity contribution in [2.24, 2.45) is 0 Å². The van der Waals surface area contributed by atoms with Crippen molar-refractivity contribution in [3.63, 3.8) is 0 Å². The zero-order chi connectivity index (χ0) is 20.9. The Morgan fingerprint density at radius 1 is 1.07 bits per heavy atom. The smallest absolute Gasteiger partial charge is 0.255 e. The number of benzene rings is 3. The molecule has 4 rings (SSSR count). The molecule has 0 radical (unpaired) electrons. The number of hydrogen-bond acceptors (Lipinski definition) is 5. The van der Waals surface area contributed by atoms with Crippen molar-refractivity contribution in [2.45, 2.75) is 17.8 Å². The summed E-state index contributed by atoms with van der Waals surface area (Å²) >= 11 is 5.02. The van der Waals surface area contributed by atoms with Crippen LogP contribution in [0.1, 0.15) is 21.5 Å². The van der Waals surface area contributed by atoms with Crippen LogP contribution in [0.5, 0.6) is 0 Å². The molecule has 0 fully saturated rings. The van der Waals surface area contributed by atoms with Crippen LogP contribution >= 0.6 is 27.7 Å². The number of nitrogens with zero attached hydrogens (tertiary/aromatic N) is 4. The lowest BCUT2D eigenvalue weighted by Crippen LogP contribution is -2.12. The first-order valence-electron chi connectivity index (χ1n) is 9.23. The van der Waals surface area contributed by atoms with Gasteiger partial charge in [-0.1, -0.05) is 58.0 Å². The van der Waals surface area contributed by atoms with Gasteiger partial charge in [0.1, 0.15) is 0 Å². The molecule has 0 aliphatic heterocycles. The molecule has 4 aromatic rings. The van der Waals surface area contributed by atoms with E-state index in [0.717, 1.165) is 27.2 Å². The van der Waals surface area contributed by atoms with E-state index in [1.807, 2.05) is 55.5 Å². The minimum atomic E-state index is -0.168. The molecule has 0 aliphatic carbocycles. The maximum Gasteiger partial charge on any atom is 0.255 e. The number of anilines is 1. The number of amides is 1. The highest BCUT2D eigenvalue weighted by atomic mass is 79.9. The van der Waals surface area contributed by atoms with Gasteiger partial charge in [0.15, 0.2) is 0 Å². The summed E-state index contributed by atoms with van der Waals surface area (Å²) in [6.07, 6.45) is 0. The summed E-state index contributed by atoms with van der Waals surface area (Å²) in [5, 5.41) is 15.6. The van der Waals surface area contributed by atoms with Crippen LogP contribution in [0.3, 0.4) is 0 Å². The van der Waals surface area contributed by atoms with Gasteiger partial charge < -0.3 is 5.32 Å². The second kappa shape index (κ2) is 9.23. The molecular weight excluding hydrogens is 462 g/mol. The third-order valence-corrected chi connectivity index (χ3v) is 6.32. The Morgan fingerprint density at radius 2 is 1.83 bits per heavy atom. The van der Waals surface area contributed by atoms with Crippen LogP contribution in [-0.4, -0.2) is 26.1 Å². The zero-order valence-electron chi connectivity index (χ0n) is 16.1. The van der Waals surface area contributed by atoms with Crippen molar-refractivity contribution >= 4 is 39.3 Å². The van der Waals surface area contributed by atoms with Crippen LogP contribution in [0.4, 0.5) is 5.69 Å². The van der Waals surface area contributed by atoms with Gasteiger partial charge in [-0.2, -0.15) is 4.68 Å². The van der Waals surface area contributed by atoms with Crippen molar-refractivity contribution in [3.05, 3.63) is 94.0 Å². The van der Waals surface area contributed by atoms with Crippen molar-refractivity contribution < 1.29 is 4.79 Å². The molecule has 1 amide bonds. The average molecular weight is 480 g/mol. The highest BCUT2D eigenvalue weighted by Gasteiger charge is 2.11. The Bertz CT molecular complexity index is 1160. The quantitative estimate of drug-likeness (QED) is 0.381. The Labute approximate surface area is 186 Å². The van der Waals surface area contributed by atoms with Crippen LogP contribution in [0.25, 0.3) is 5.69 Å². The molecule has 1 aromatic heterocycles. The number of hydrogen-bond donors (Lipinski definition) is 1. The van der Waals surface area contributed by atoms with Crippen LogP contribution < -0.4 is 5.32 Å². The lowest BCUT2D eigenvalue weighted by Gasteiger charge is -2.08. The normalized spacial score (nSPS) is 10.7. The molecule has 8 heteroatoms. The van der Waals surface area contributed by atoms with Gasteiger partial charge in [-0.25, -0.2) is 0 Å². The van der Waals surface area contributed by atoms with Gasteiger partial charge >= 0.3 is 0 Å². The highest BCUT2D eigenvalue weighted by Crippen LogP contribution is 2.23. The summed E-state index contributed by atoms with van der Waals surface area (Å²) < 4.78 is 2.68. The molecule has 30 heavy (non-hydrogen) atoms.